The molecule has 0 unspecified atom stereocenters. The summed E-state index contributed by atoms with van der Waals surface area (Å²) in [4.78, 5) is 0. The van der Waals surface area contributed by atoms with Crippen LogP contribution < -0.4 is 10.1 Å². The maximum atomic E-state index is 5.33. The van der Waals surface area contributed by atoms with Crippen molar-refractivity contribution in [3.05, 3.63) is 29.3 Å². The van der Waals surface area contributed by atoms with E-state index in [4.69, 9.17) is 4.74 Å². The number of aryl methyl sites for hydroxylation is 1. The van der Waals surface area contributed by atoms with Crippen LogP contribution in [0.2, 0.25) is 0 Å². The second-order valence-electron chi connectivity index (χ2n) is 4.51. The zero-order valence-corrected chi connectivity index (χ0v) is 9.76. The van der Waals surface area contributed by atoms with Crippen LogP contribution in [-0.4, -0.2) is 19.7 Å². The Morgan fingerprint density at radius 2 is 2.13 bits per heavy atom. The first-order valence-corrected chi connectivity index (χ1v) is 5.51. The third-order valence-electron chi connectivity index (χ3n) is 3.40. The van der Waals surface area contributed by atoms with E-state index in [1.807, 2.05) is 0 Å². The zero-order chi connectivity index (χ0) is 10.9. The standard InChI is InChI=1S/C13H19NO/c1-10-4-5-11(8-12(10)15-3)9-13(14-2)6-7-13/h4-5,8,14H,6-7,9H2,1-3H3. The van der Waals surface area contributed by atoms with Crippen molar-refractivity contribution in [3.63, 3.8) is 0 Å². The van der Waals surface area contributed by atoms with Gasteiger partial charge in [0.1, 0.15) is 5.75 Å². The van der Waals surface area contributed by atoms with E-state index in [-0.39, 0.29) is 0 Å². The Kier molecular flexibility index (Phi) is 2.70. The minimum atomic E-state index is 0.375. The molecule has 1 aromatic rings. The van der Waals surface area contributed by atoms with Gasteiger partial charge in [-0.3, -0.25) is 0 Å². The molecular formula is C13H19NO. The van der Waals surface area contributed by atoms with Crippen LogP contribution in [0.1, 0.15) is 24.0 Å². The van der Waals surface area contributed by atoms with Crippen molar-refractivity contribution in [3.8, 4) is 5.75 Å². The smallest absolute Gasteiger partial charge is 0.122 e. The summed E-state index contributed by atoms with van der Waals surface area (Å²) in [5, 5.41) is 3.41. The molecule has 1 aromatic carbocycles. The van der Waals surface area contributed by atoms with E-state index in [1.165, 1.54) is 24.0 Å². The molecule has 0 bridgehead atoms. The van der Waals surface area contributed by atoms with Crippen LogP contribution in [-0.2, 0) is 6.42 Å². The van der Waals surface area contributed by atoms with Crippen molar-refractivity contribution < 1.29 is 4.74 Å². The molecule has 0 aromatic heterocycles. The highest BCUT2D eigenvalue weighted by Gasteiger charge is 2.40. The van der Waals surface area contributed by atoms with E-state index < -0.39 is 0 Å². The van der Waals surface area contributed by atoms with Crippen LogP contribution >= 0.6 is 0 Å². The van der Waals surface area contributed by atoms with Gasteiger partial charge in [0.05, 0.1) is 7.11 Å². The molecule has 1 saturated carbocycles. The van der Waals surface area contributed by atoms with Gasteiger partial charge in [0, 0.05) is 5.54 Å². The van der Waals surface area contributed by atoms with E-state index in [9.17, 15) is 0 Å². The fourth-order valence-electron chi connectivity index (χ4n) is 2.03. The van der Waals surface area contributed by atoms with Crippen molar-refractivity contribution in [2.75, 3.05) is 14.2 Å². The van der Waals surface area contributed by atoms with Crippen LogP contribution in [0.15, 0.2) is 18.2 Å². The first-order valence-electron chi connectivity index (χ1n) is 5.51. The predicted molar refractivity (Wildman–Crippen MR) is 62.5 cm³/mol. The summed E-state index contributed by atoms with van der Waals surface area (Å²) in [7, 11) is 3.79. The van der Waals surface area contributed by atoms with Crippen molar-refractivity contribution >= 4 is 0 Å². The molecule has 15 heavy (non-hydrogen) atoms. The maximum absolute atomic E-state index is 5.33. The second-order valence-corrected chi connectivity index (χ2v) is 4.51. The number of benzene rings is 1. The summed E-state index contributed by atoms with van der Waals surface area (Å²) < 4.78 is 5.33. The Hall–Kier alpha value is -1.02. The minimum Gasteiger partial charge on any atom is -0.496 e. The fourth-order valence-corrected chi connectivity index (χ4v) is 2.03. The molecule has 0 heterocycles. The molecular weight excluding hydrogens is 186 g/mol. The Bertz CT molecular complexity index is 356. The van der Waals surface area contributed by atoms with E-state index in [0.29, 0.717) is 5.54 Å². The van der Waals surface area contributed by atoms with E-state index in [0.717, 1.165) is 12.2 Å². The minimum absolute atomic E-state index is 0.375. The maximum Gasteiger partial charge on any atom is 0.122 e. The Morgan fingerprint density at radius 1 is 1.40 bits per heavy atom. The van der Waals surface area contributed by atoms with Crippen LogP contribution in [0.4, 0.5) is 0 Å². The first-order chi connectivity index (χ1) is 7.19. The van der Waals surface area contributed by atoms with Crippen LogP contribution in [0.25, 0.3) is 0 Å². The van der Waals surface area contributed by atoms with Gasteiger partial charge >= 0.3 is 0 Å². The quantitative estimate of drug-likeness (QED) is 0.814. The van der Waals surface area contributed by atoms with Crippen LogP contribution in [0.5, 0.6) is 5.75 Å². The molecule has 0 aliphatic heterocycles. The molecule has 82 valence electrons. The van der Waals surface area contributed by atoms with E-state index in [1.54, 1.807) is 7.11 Å². The van der Waals surface area contributed by atoms with Crippen LogP contribution in [0, 0.1) is 6.92 Å². The number of hydrogen-bond donors (Lipinski definition) is 1. The summed E-state index contributed by atoms with van der Waals surface area (Å²) in [5.41, 5.74) is 2.94. The average molecular weight is 205 g/mol. The molecule has 0 saturated heterocycles. The molecule has 1 aliphatic rings. The van der Waals surface area contributed by atoms with E-state index >= 15 is 0 Å². The number of methoxy groups -OCH3 is 1. The number of hydrogen-bond acceptors (Lipinski definition) is 2. The van der Waals surface area contributed by atoms with E-state index in [2.05, 4.69) is 37.5 Å². The number of likely N-dealkylation sites (N-methyl/N-ethyl adjacent to an activating group) is 1. The lowest BCUT2D eigenvalue weighted by Crippen LogP contribution is -2.29. The molecule has 1 fully saturated rings. The lowest BCUT2D eigenvalue weighted by molar-refractivity contribution is 0.410. The predicted octanol–water partition coefficient (Wildman–Crippen LogP) is 2.30. The highest BCUT2D eigenvalue weighted by molar-refractivity contribution is 5.37. The summed E-state index contributed by atoms with van der Waals surface area (Å²) in [6.07, 6.45) is 3.69. The van der Waals surface area contributed by atoms with Gasteiger partial charge in [0.15, 0.2) is 0 Å². The van der Waals surface area contributed by atoms with Gasteiger partial charge in [0.25, 0.3) is 0 Å². The first kappa shape index (κ1) is 10.5. The molecule has 0 radical (unpaired) electrons. The monoisotopic (exact) mass is 205 g/mol. The van der Waals surface area contributed by atoms with Crippen molar-refractivity contribution in [1.82, 2.24) is 5.32 Å². The topological polar surface area (TPSA) is 21.3 Å². The normalized spacial score (nSPS) is 17.5. The number of rotatable bonds is 4. The SMILES string of the molecule is CNC1(Cc2ccc(C)c(OC)c2)CC1. The summed E-state index contributed by atoms with van der Waals surface area (Å²) in [5.74, 6) is 0.999. The summed E-state index contributed by atoms with van der Waals surface area (Å²) in [6.45, 7) is 2.08. The largest absolute Gasteiger partial charge is 0.496 e. The van der Waals surface area contributed by atoms with Crippen LogP contribution in [0.3, 0.4) is 0 Å². The fraction of sp³-hybridized carbons (Fsp3) is 0.538. The summed E-state index contributed by atoms with van der Waals surface area (Å²) in [6, 6.07) is 6.50. The van der Waals surface area contributed by atoms with Gasteiger partial charge in [-0.05, 0) is 50.4 Å². The summed E-state index contributed by atoms with van der Waals surface area (Å²) >= 11 is 0. The van der Waals surface area contributed by atoms with Crippen molar-refractivity contribution in [2.45, 2.75) is 31.7 Å². The molecule has 2 heteroatoms. The van der Waals surface area contributed by atoms with Crippen molar-refractivity contribution in [2.24, 2.45) is 0 Å². The zero-order valence-electron chi connectivity index (χ0n) is 9.76. The Balaban J connectivity index is 2.15. The van der Waals surface area contributed by atoms with Gasteiger partial charge in [-0.25, -0.2) is 0 Å². The molecule has 1 aliphatic carbocycles. The van der Waals surface area contributed by atoms with Gasteiger partial charge < -0.3 is 10.1 Å². The molecule has 2 rings (SSSR count). The van der Waals surface area contributed by atoms with Gasteiger partial charge in [-0.15, -0.1) is 0 Å². The van der Waals surface area contributed by atoms with Crippen molar-refractivity contribution in [1.29, 1.82) is 0 Å². The lowest BCUT2D eigenvalue weighted by Gasteiger charge is -2.15. The molecule has 0 atom stereocenters. The molecule has 0 amide bonds. The molecule has 1 N–H and O–H groups in total. The Morgan fingerprint density at radius 3 is 2.67 bits per heavy atom. The molecule has 2 nitrogen and oxygen atoms in total. The second kappa shape index (κ2) is 3.86. The highest BCUT2D eigenvalue weighted by atomic mass is 16.5. The molecule has 0 spiro atoms. The Labute approximate surface area is 91.6 Å². The highest BCUT2D eigenvalue weighted by Crippen LogP contribution is 2.38. The third-order valence-corrected chi connectivity index (χ3v) is 3.40. The van der Waals surface area contributed by atoms with Gasteiger partial charge in [0.2, 0.25) is 0 Å². The number of nitrogens with one attached hydrogen (secondary N) is 1. The van der Waals surface area contributed by atoms with Gasteiger partial charge in [-0.1, -0.05) is 12.1 Å². The third kappa shape index (κ3) is 2.15. The van der Waals surface area contributed by atoms with Gasteiger partial charge in [-0.2, -0.15) is 0 Å². The average Bonchev–Trinajstić information content (AvgIpc) is 3.02. The number of ether oxygens (including phenoxy) is 1. The lowest BCUT2D eigenvalue weighted by atomic mass is 10.0.